The van der Waals surface area contributed by atoms with Gasteiger partial charge in [0, 0.05) is 31.7 Å². The topological polar surface area (TPSA) is 69.0 Å². The lowest BCUT2D eigenvalue weighted by molar-refractivity contribution is -0.124. The first kappa shape index (κ1) is 12.0. The van der Waals surface area contributed by atoms with Gasteiger partial charge in [-0.2, -0.15) is 5.26 Å². The Hall–Kier alpha value is -2.09. The van der Waals surface area contributed by atoms with Crippen LogP contribution >= 0.6 is 0 Å². The Morgan fingerprint density at radius 3 is 3.05 bits per heavy atom. The average Bonchev–Trinajstić information content (AvgIpc) is 2.47. The van der Waals surface area contributed by atoms with Crippen LogP contribution in [-0.4, -0.2) is 30.0 Å². The Labute approximate surface area is 112 Å². The highest BCUT2D eigenvalue weighted by molar-refractivity contribution is 5.77. The van der Waals surface area contributed by atoms with E-state index in [0.29, 0.717) is 23.9 Å². The van der Waals surface area contributed by atoms with Gasteiger partial charge < -0.3 is 10.2 Å². The number of carbonyl (C=O) groups excluding carboxylic acids is 1. The number of pyridine rings is 1. The number of piperidine rings is 2. The maximum atomic E-state index is 11.4. The van der Waals surface area contributed by atoms with Gasteiger partial charge in [-0.15, -0.1) is 0 Å². The molecule has 1 aromatic rings. The first-order chi connectivity index (χ1) is 9.26. The van der Waals surface area contributed by atoms with Crippen molar-refractivity contribution in [3.8, 4) is 6.07 Å². The largest absolute Gasteiger partial charge is 0.356 e. The second-order valence-electron chi connectivity index (χ2n) is 5.22. The van der Waals surface area contributed by atoms with E-state index in [9.17, 15) is 4.79 Å². The van der Waals surface area contributed by atoms with Gasteiger partial charge in [0.1, 0.15) is 11.9 Å². The Kier molecular flexibility index (Phi) is 3.08. The van der Waals surface area contributed by atoms with Crippen LogP contribution in [0.1, 0.15) is 24.8 Å². The second kappa shape index (κ2) is 4.88. The number of anilines is 1. The highest BCUT2D eigenvalue weighted by Crippen LogP contribution is 2.27. The molecule has 2 aliphatic rings. The number of hydrogen-bond donors (Lipinski definition) is 1. The SMILES string of the molecule is N#Cc1ccc(N2CCC3NC(=O)CCC3C2)nc1. The number of nitrogens with zero attached hydrogens (tertiary/aromatic N) is 3. The van der Waals surface area contributed by atoms with Gasteiger partial charge in [-0.25, -0.2) is 4.98 Å². The fourth-order valence-corrected chi connectivity index (χ4v) is 2.96. The molecule has 2 saturated heterocycles. The Bertz CT molecular complexity index is 519. The van der Waals surface area contributed by atoms with Gasteiger partial charge >= 0.3 is 0 Å². The van der Waals surface area contributed by atoms with Crippen LogP contribution in [0.15, 0.2) is 18.3 Å². The molecule has 0 bridgehead atoms. The predicted octanol–water partition coefficient (Wildman–Crippen LogP) is 1.06. The number of aromatic nitrogens is 1. The second-order valence-corrected chi connectivity index (χ2v) is 5.22. The lowest BCUT2D eigenvalue weighted by Crippen LogP contribution is -2.54. The molecule has 2 fully saturated rings. The highest BCUT2D eigenvalue weighted by Gasteiger charge is 2.33. The van der Waals surface area contributed by atoms with Crippen LogP contribution in [0.3, 0.4) is 0 Å². The zero-order chi connectivity index (χ0) is 13.2. The zero-order valence-corrected chi connectivity index (χ0v) is 10.7. The molecule has 2 aliphatic heterocycles. The predicted molar refractivity (Wildman–Crippen MR) is 70.4 cm³/mol. The van der Waals surface area contributed by atoms with E-state index in [0.717, 1.165) is 31.7 Å². The van der Waals surface area contributed by atoms with E-state index in [2.05, 4.69) is 21.3 Å². The summed E-state index contributed by atoms with van der Waals surface area (Å²) < 4.78 is 0. The minimum Gasteiger partial charge on any atom is -0.356 e. The van der Waals surface area contributed by atoms with Crippen LogP contribution in [0.4, 0.5) is 5.82 Å². The van der Waals surface area contributed by atoms with Crippen LogP contribution in [0.5, 0.6) is 0 Å². The molecule has 0 spiro atoms. The monoisotopic (exact) mass is 256 g/mol. The molecule has 5 heteroatoms. The molecule has 2 atom stereocenters. The summed E-state index contributed by atoms with van der Waals surface area (Å²) in [7, 11) is 0. The van der Waals surface area contributed by atoms with Crippen molar-refractivity contribution >= 4 is 11.7 Å². The first-order valence-corrected chi connectivity index (χ1v) is 6.67. The molecule has 0 radical (unpaired) electrons. The van der Waals surface area contributed by atoms with E-state index in [-0.39, 0.29) is 5.91 Å². The average molecular weight is 256 g/mol. The van der Waals surface area contributed by atoms with Crippen molar-refractivity contribution in [3.63, 3.8) is 0 Å². The molecule has 3 rings (SSSR count). The smallest absolute Gasteiger partial charge is 0.220 e. The number of amides is 1. The number of rotatable bonds is 1. The normalized spacial score (nSPS) is 26.3. The van der Waals surface area contributed by atoms with Crippen molar-refractivity contribution in [3.05, 3.63) is 23.9 Å². The number of hydrogen-bond acceptors (Lipinski definition) is 4. The van der Waals surface area contributed by atoms with Gasteiger partial charge in [-0.3, -0.25) is 4.79 Å². The summed E-state index contributed by atoms with van der Waals surface area (Å²) in [4.78, 5) is 18.0. The van der Waals surface area contributed by atoms with Crippen molar-refractivity contribution in [1.29, 1.82) is 5.26 Å². The van der Waals surface area contributed by atoms with E-state index >= 15 is 0 Å². The molecule has 1 aromatic heterocycles. The van der Waals surface area contributed by atoms with Crippen molar-refractivity contribution < 1.29 is 4.79 Å². The maximum absolute atomic E-state index is 11.4. The molecule has 0 saturated carbocycles. The van der Waals surface area contributed by atoms with E-state index in [1.54, 1.807) is 12.3 Å². The minimum atomic E-state index is 0.186. The highest BCUT2D eigenvalue weighted by atomic mass is 16.1. The van der Waals surface area contributed by atoms with Crippen LogP contribution in [0, 0.1) is 17.2 Å². The van der Waals surface area contributed by atoms with Gasteiger partial charge in [-0.1, -0.05) is 0 Å². The van der Waals surface area contributed by atoms with Crippen molar-refractivity contribution in [2.75, 3.05) is 18.0 Å². The number of nitrogens with one attached hydrogen (secondary N) is 1. The number of nitriles is 1. The van der Waals surface area contributed by atoms with Crippen LogP contribution in [0.25, 0.3) is 0 Å². The lowest BCUT2D eigenvalue weighted by Gasteiger charge is -2.41. The molecule has 19 heavy (non-hydrogen) atoms. The van der Waals surface area contributed by atoms with Crippen molar-refractivity contribution in [2.45, 2.75) is 25.3 Å². The van der Waals surface area contributed by atoms with Crippen molar-refractivity contribution in [1.82, 2.24) is 10.3 Å². The molecular weight excluding hydrogens is 240 g/mol. The summed E-state index contributed by atoms with van der Waals surface area (Å²) in [6, 6.07) is 6.11. The Morgan fingerprint density at radius 2 is 2.32 bits per heavy atom. The third kappa shape index (κ3) is 2.39. The fraction of sp³-hybridized carbons (Fsp3) is 0.500. The van der Waals surface area contributed by atoms with E-state index in [1.165, 1.54) is 0 Å². The van der Waals surface area contributed by atoms with E-state index in [1.807, 2.05) is 6.07 Å². The minimum absolute atomic E-state index is 0.186. The molecular formula is C14H16N4O. The number of fused-ring (bicyclic) bond motifs is 1. The molecule has 1 amide bonds. The van der Waals surface area contributed by atoms with Crippen molar-refractivity contribution in [2.24, 2.45) is 5.92 Å². The fourth-order valence-electron chi connectivity index (χ4n) is 2.96. The Balaban J connectivity index is 1.70. The van der Waals surface area contributed by atoms with Gasteiger partial charge in [0.05, 0.1) is 5.56 Å². The quantitative estimate of drug-likeness (QED) is 0.815. The molecule has 0 aromatic carbocycles. The standard InChI is InChI=1S/C14H16N4O/c15-7-10-1-3-13(16-8-10)18-6-5-12-11(9-18)2-4-14(19)17-12/h1,3,8,11-12H,2,4-6,9H2,(H,17,19). The van der Waals surface area contributed by atoms with Crippen LogP contribution in [0.2, 0.25) is 0 Å². The molecule has 1 N–H and O–H groups in total. The van der Waals surface area contributed by atoms with E-state index in [4.69, 9.17) is 5.26 Å². The van der Waals surface area contributed by atoms with Gasteiger partial charge in [0.15, 0.2) is 0 Å². The molecule has 3 heterocycles. The zero-order valence-electron chi connectivity index (χ0n) is 10.7. The van der Waals surface area contributed by atoms with Crippen LogP contribution in [-0.2, 0) is 4.79 Å². The first-order valence-electron chi connectivity index (χ1n) is 6.67. The van der Waals surface area contributed by atoms with E-state index < -0.39 is 0 Å². The van der Waals surface area contributed by atoms with Gasteiger partial charge in [0.2, 0.25) is 5.91 Å². The summed E-state index contributed by atoms with van der Waals surface area (Å²) >= 11 is 0. The number of carbonyl (C=O) groups is 1. The molecule has 98 valence electrons. The van der Waals surface area contributed by atoms with Gasteiger partial charge in [-0.05, 0) is 30.9 Å². The summed E-state index contributed by atoms with van der Waals surface area (Å²) in [5.74, 6) is 1.63. The molecule has 5 nitrogen and oxygen atoms in total. The molecule has 2 unspecified atom stereocenters. The molecule has 0 aliphatic carbocycles. The van der Waals surface area contributed by atoms with Crippen LogP contribution < -0.4 is 10.2 Å². The Morgan fingerprint density at radius 1 is 1.42 bits per heavy atom. The maximum Gasteiger partial charge on any atom is 0.220 e. The summed E-state index contributed by atoms with van der Waals surface area (Å²) in [5.41, 5.74) is 0.587. The summed E-state index contributed by atoms with van der Waals surface area (Å²) in [5, 5.41) is 11.9. The lowest BCUT2D eigenvalue weighted by atomic mass is 9.85. The third-order valence-corrected chi connectivity index (χ3v) is 4.02. The third-order valence-electron chi connectivity index (χ3n) is 4.02. The van der Waals surface area contributed by atoms with Gasteiger partial charge in [0.25, 0.3) is 0 Å². The summed E-state index contributed by atoms with van der Waals surface area (Å²) in [6.45, 7) is 1.84. The summed E-state index contributed by atoms with van der Waals surface area (Å²) in [6.07, 6.45) is 4.18.